The Morgan fingerprint density at radius 3 is 2.85 bits per heavy atom. The second-order valence-corrected chi connectivity index (χ2v) is 7.21. The standard InChI is InChI=1S/C20H20BrNO4/c1-4-14-10-25-18-9-13(8-16(21)19(18)26-14)17(23)6-5-15-11(2)7-12(3)22-20(15)24/h4,7-9,14H,1,5-6,10H2,2-3H3,(H,22,24). The molecule has 3 rings (SSSR count). The van der Waals surface area contributed by atoms with Crippen LogP contribution in [0.1, 0.15) is 33.6 Å². The van der Waals surface area contributed by atoms with E-state index in [2.05, 4.69) is 27.5 Å². The maximum Gasteiger partial charge on any atom is 0.251 e. The van der Waals surface area contributed by atoms with Gasteiger partial charge in [-0.15, -0.1) is 0 Å². The van der Waals surface area contributed by atoms with E-state index < -0.39 is 0 Å². The van der Waals surface area contributed by atoms with Crippen LogP contribution in [-0.4, -0.2) is 23.5 Å². The number of benzene rings is 1. The molecule has 1 unspecified atom stereocenters. The molecule has 1 aliphatic rings. The van der Waals surface area contributed by atoms with E-state index in [1.54, 1.807) is 18.2 Å². The van der Waals surface area contributed by atoms with Gasteiger partial charge in [-0.1, -0.05) is 6.58 Å². The molecular weight excluding hydrogens is 398 g/mol. The van der Waals surface area contributed by atoms with Gasteiger partial charge in [-0.3, -0.25) is 9.59 Å². The number of ketones is 1. The van der Waals surface area contributed by atoms with Crippen molar-refractivity contribution < 1.29 is 14.3 Å². The lowest BCUT2D eigenvalue weighted by Gasteiger charge is -2.25. The fraction of sp³-hybridized carbons (Fsp3) is 0.300. The summed E-state index contributed by atoms with van der Waals surface area (Å²) in [6, 6.07) is 5.33. The largest absolute Gasteiger partial charge is 0.485 e. The molecule has 0 bridgehead atoms. The van der Waals surface area contributed by atoms with Crippen molar-refractivity contribution in [1.82, 2.24) is 4.98 Å². The van der Waals surface area contributed by atoms with Gasteiger partial charge in [0, 0.05) is 23.2 Å². The third-order valence-corrected chi connectivity index (χ3v) is 4.95. The Morgan fingerprint density at radius 1 is 1.38 bits per heavy atom. The second kappa shape index (κ2) is 7.50. The Morgan fingerprint density at radius 2 is 2.15 bits per heavy atom. The molecule has 0 spiro atoms. The van der Waals surface area contributed by atoms with Crippen molar-refractivity contribution in [2.75, 3.05) is 6.61 Å². The smallest absolute Gasteiger partial charge is 0.251 e. The zero-order valence-corrected chi connectivity index (χ0v) is 16.3. The molecule has 2 heterocycles. The van der Waals surface area contributed by atoms with Gasteiger partial charge < -0.3 is 14.5 Å². The Hall–Kier alpha value is -2.34. The first-order chi connectivity index (χ1) is 12.4. The van der Waals surface area contributed by atoms with Gasteiger partial charge >= 0.3 is 0 Å². The van der Waals surface area contributed by atoms with Crippen molar-refractivity contribution in [3.8, 4) is 11.5 Å². The van der Waals surface area contributed by atoms with Crippen LogP contribution in [0.4, 0.5) is 0 Å². The van der Waals surface area contributed by atoms with E-state index in [9.17, 15) is 9.59 Å². The van der Waals surface area contributed by atoms with Crippen LogP contribution < -0.4 is 15.0 Å². The Kier molecular flexibility index (Phi) is 5.32. The van der Waals surface area contributed by atoms with Crippen molar-refractivity contribution in [1.29, 1.82) is 0 Å². The number of aryl methyl sites for hydroxylation is 2. The van der Waals surface area contributed by atoms with E-state index in [-0.39, 0.29) is 23.9 Å². The molecule has 0 fully saturated rings. The second-order valence-electron chi connectivity index (χ2n) is 6.35. The lowest BCUT2D eigenvalue weighted by molar-refractivity contribution is 0.0979. The number of Topliss-reactive ketones (excluding diaryl/α,β-unsaturated/α-hetero) is 1. The molecule has 2 aromatic rings. The van der Waals surface area contributed by atoms with Gasteiger partial charge in [-0.05, 0) is 66.0 Å². The number of H-pyrrole nitrogens is 1. The Bertz CT molecular complexity index is 932. The molecule has 0 radical (unpaired) electrons. The van der Waals surface area contributed by atoms with Gasteiger partial charge in [0.2, 0.25) is 0 Å². The Balaban J connectivity index is 1.78. The van der Waals surface area contributed by atoms with Crippen LogP contribution in [0.25, 0.3) is 0 Å². The summed E-state index contributed by atoms with van der Waals surface area (Å²) in [5.41, 5.74) is 2.76. The molecule has 1 aliphatic heterocycles. The van der Waals surface area contributed by atoms with E-state index >= 15 is 0 Å². The Labute approximate surface area is 160 Å². The number of fused-ring (bicyclic) bond motifs is 1. The van der Waals surface area contributed by atoms with Crippen LogP contribution in [0, 0.1) is 13.8 Å². The third-order valence-electron chi connectivity index (χ3n) is 4.36. The van der Waals surface area contributed by atoms with E-state index in [0.717, 1.165) is 11.3 Å². The summed E-state index contributed by atoms with van der Waals surface area (Å²) in [5.74, 6) is 1.05. The van der Waals surface area contributed by atoms with E-state index in [4.69, 9.17) is 9.47 Å². The van der Waals surface area contributed by atoms with Crippen LogP contribution in [0.5, 0.6) is 11.5 Å². The third kappa shape index (κ3) is 3.75. The highest BCUT2D eigenvalue weighted by Crippen LogP contribution is 2.40. The minimum Gasteiger partial charge on any atom is -0.485 e. The number of aromatic nitrogens is 1. The summed E-state index contributed by atoms with van der Waals surface area (Å²) >= 11 is 3.44. The van der Waals surface area contributed by atoms with Gasteiger partial charge in [0.15, 0.2) is 23.4 Å². The molecule has 5 nitrogen and oxygen atoms in total. The lowest BCUT2D eigenvalue weighted by Crippen LogP contribution is -2.27. The topological polar surface area (TPSA) is 68.4 Å². The minimum absolute atomic E-state index is 0.0534. The molecule has 0 aliphatic carbocycles. The highest BCUT2D eigenvalue weighted by Gasteiger charge is 2.23. The van der Waals surface area contributed by atoms with Gasteiger partial charge in [0.25, 0.3) is 5.56 Å². The molecular formula is C20H20BrNO4. The minimum atomic E-state index is -0.211. The molecule has 0 amide bonds. The zero-order chi connectivity index (χ0) is 18.8. The van der Waals surface area contributed by atoms with Crippen molar-refractivity contribution >= 4 is 21.7 Å². The summed E-state index contributed by atoms with van der Waals surface area (Å²) in [6.45, 7) is 7.79. The van der Waals surface area contributed by atoms with Crippen LogP contribution in [0.3, 0.4) is 0 Å². The van der Waals surface area contributed by atoms with Gasteiger partial charge in [-0.2, -0.15) is 0 Å². The molecule has 1 N–H and O–H groups in total. The number of carbonyl (C=O) groups excluding carboxylic acids is 1. The quantitative estimate of drug-likeness (QED) is 0.591. The predicted molar refractivity (Wildman–Crippen MR) is 103 cm³/mol. The van der Waals surface area contributed by atoms with Gasteiger partial charge in [0.05, 0.1) is 4.47 Å². The molecule has 1 atom stereocenters. The summed E-state index contributed by atoms with van der Waals surface area (Å²) in [5, 5.41) is 0. The number of pyridine rings is 1. The van der Waals surface area contributed by atoms with Crippen molar-refractivity contribution in [2.24, 2.45) is 0 Å². The van der Waals surface area contributed by atoms with Crippen molar-refractivity contribution in [2.45, 2.75) is 32.8 Å². The first-order valence-electron chi connectivity index (χ1n) is 8.37. The predicted octanol–water partition coefficient (Wildman–Crippen LogP) is 3.90. The fourth-order valence-corrected chi connectivity index (χ4v) is 3.53. The maximum atomic E-state index is 12.6. The number of aromatic amines is 1. The summed E-state index contributed by atoms with van der Waals surface area (Å²) in [4.78, 5) is 27.5. The van der Waals surface area contributed by atoms with Crippen LogP contribution in [0.2, 0.25) is 0 Å². The number of hydrogen-bond acceptors (Lipinski definition) is 4. The highest BCUT2D eigenvalue weighted by atomic mass is 79.9. The van der Waals surface area contributed by atoms with Gasteiger partial charge in [-0.25, -0.2) is 0 Å². The monoisotopic (exact) mass is 417 g/mol. The average Bonchev–Trinajstić information content (AvgIpc) is 2.60. The van der Waals surface area contributed by atoms with Crippen LogP contribution >= 0.6 is 15.9 Å². The molecule has 1 aromatic heterocycles. The number of ether oxygens (including phenoxy) is 2. The number of halogens is 1. The first kappa shape index (κ1) is 18.5. The summed E-state index contributed by atoms with van der Waals surface area (Å²) < 4.78 is 12.1. The highest BCUT2D eigenvalue weighted by molar-refractivity contribution is 9.10. The SMILES string of the molecule is C=CC1COc2cc(C(=O)CCc3c(C)cc(C)[nH]c3=O)cc(Br)c2O1. The molecule has 0 saturated heterocycles. The lowest BCUT2D eigenvalue weighted by atomic mass is 10.00. The first-order valence-corrected chi connectivity index (χ1v) is 9.16. The maximum absolute atomic E-state index is 12.6. The summed E-state index contributed by atoms with van der Waals surface area (Å²) in [7, 11) is 0. The molecule has 6 heteroatoms. The van der Waals surface area contributed by atoms with E-state index in [0.29, 0.717) is 40.1 Å². The molecule has 136 valence electrons. The summed E-state index contributed by atoms with van der Waals surface area (Å²) in [6.07, 6.45) is 2.10. The van der Waals surface area contributed by atoms with Crippen LogP contribution in [-0.2, 0) is 6.42 Å². The van der Waals surface area contributed by atoms with E-state index in [1.807, 2.05) is 19.9 Å². The van der Waals surface area contributed by atoms with Crippen molar-refractivity contribution in [3.05, 3.63) is 68.1 Å². The molecule has 26 heavy (non-hydrogen) atoms. The number of nitrogens with one attached hydrogen (secondary N) is 1. The average molecular weight is 418 g/mol. The number of carbonyl (C=O) groups is 1. The number of hydrogen-bond donors (Lipinski definition) is 1. The molecule has 0 saturated carbocycles. The zero-order valence-electron chi connectivity index (χ0n) is 14.7. The normalized spacial score (nSPS) is 15.6. The van der Waals surface area contributed by atoms with Crippen LogP contribution in [0.15, 0.2) is 40.1 Å². The fourth-order valence-electron chi connectivity index (χ4n) is 3.00. The molecule has 1 aromatic carbocycles. The van der Waals surface area contributed by atoms with Gasteiger partial charge in [0.1, 0.15) is 6.61 Å². The van der Waals surface area contributed by atoms with E-state index in [1.165, 1.54) is 0 Å². The van der Waals surface area contributed by atoms with Crippen molar-refractivity contribution in [3.63, 3.8) is 0 Å². The number of rotatable bonds is 5.